The van der Waals surface area contributed by atoms with E-state index in [1.807, 2.05) is 0 Å². The molecule has 0 aliphatic rings. The number of phosphoric acid groups is 2. The Morgan fingerprint density at radius 3 is 0.772 bits per heavy atom. The van der Waals surface area contributed by atoms with E-state index in [0.717, 1.165) is 114 Å². The van der Waals surface area contributed by atoms with Crippen molar-refractivity contribution in [2.24, 2.45) is 23.7 Å². The minimum atomic E-state index is -4.95. The summed E-state index contributed by atoms with van der Waals surface area (Å²) in [5.41, 5.74) is 0. The van der Waals surface area contributed by atoms with Crippen molar-refractivity contribution in [1.29, 1.82) is 0 Å². The fraction of sp³-hybridized carbons (Fsp3) is 0.945. The third-order valence-corrected chi connectivity index (χ3v) is 19.4. The second-order valence-electron chi connectivity index (χ2n) is 27.8. The SMILES string of the molecule is CCC(C)CCCCCCCCCCCCCCCCC(=O)OC[C@H](COP(=O)(O)OC[C@@H](O)COP(=O)(O)OC[C@@H](COC(=O)CCCCCCCCC(C)CC)OC(=O)CCCCCCCCCCCCCC(C)C)OC(=O)CCCCCCCCCC(C)C. The van der Waals surface area contributed by atoms with Gasteiger partial charge in [-0.2, -0.15) is 0 Å². The molecule has 0 heterocycles. The molecule has 0 aromatic carbocycles. The van der Waals surface area contributed by atoms with Crippen molar-refractivity contribution in [3.63, 3.8) is 0 Å². The smallest absolute Gasteiger partial charge is 0.462 e. The van der Waals surface area contributed by atoms with Gasteiger partial charge in [0.1, 0.15) is 19.3 Å². The largest absolute Gasteiger partial charge is 0.472 e. The number of aliphatic hydroxyl groups excluding tert-OH is 1. The van der Waals surface area contributed by atoms with Crippen LogP contribution >= 0.6 is 15.6 Å². The van der Waals surface area contributed by atoms with Crippen LogP contribution in [0.2, 0.25) is 0 Å². The van der Waals surface area contributed by atoms with E-state index in [0.29, 0.717) is 31.6 Å². The summed E-state index contributed by atoms with van der Waals surface area (Å²) >= 11 is 0. The quantitative estimate of drug-likeness (QED) is 0.0222. The van der Waals surface area contributed by atoms with Crippen LogP contribution in [0.5, 0.6) is 0 Å². The Labute approximate surface area is 562 Å². The van der Waals surface area contributed by atoms with Crippen LogP contribution in [-0.2, 0) is 65.4 Å². The van der Waals surface area contributed by atoms with Crippen molar-refractivity contribution >= 4 is 39.5 Å². The fourth-order valence-electron chi connectivity index (χ4n) is 11.0. The van der Waals surface area contributed by atoms with Gasteiger partial charge in [-0.05, 0) is 49.4 Å². The zero-order valence-corrected chi connectivity index (χ0v) is 62.0. The topological polar surface area (TPSA) is 237 Å². The maximum atomic E-state index is 13.0. The molecule has 7 atom stereocenters. The molecule has 0 fully saturated rings. The summed E-state index contributed by atoms with van der Waals surface area (Å²) < 4.78 is 68.4. The Bertz CT molecular complexity index is 1820. The van der Waals surface area contributed by atoms with E-state index < -0.39 is 97.5 Å². The van der Waals surface area contributed by atoms with Gasteiger partial charge in [-0.1, -0.05) is 312 Å². The molecule has 4 unspecified atom stereocenters. The zero-order valence-electron chi connectivity index (χ0n) is 60.2. The van der Waals surface area contributed by atoms with Crippen molar-refractivity contribution in [2.45, 2.75) is 382 Å². The van der Waals surface area contributed by atoms with Gasteiger partial charge < -0.3 is 33.8 Å². The second-order valence-corrected chi connectivity index (χ2v) is 30.7. The summed E-state index contributed by atoms with van der Waals surface area (Å²) in [6.45, 7) is 14.1. The average Bonchev–Trinajstić information content (AvgIpc) is 2.78. The molecule has 0 aromatic heterocycles. The van der Waals surface area contributed by atoms with E-state index in [9.17, 15) is 43.2 Å². The molecule has 0 aromatic rings. The molecular formula is C73H142O17P2. The number of aliphatic hydroxyl groups is 1. The first kappa shape index (κ1) is 90.1. The molecule has 19 heteroatoms. The highest BCUT2D eigenvalue weighted by Gasteiger charge is 2.30. The fourth-order valence-corrected chi connectivity index (χ4v) is 12.5. The molecule has 0 radical (unpaired) electrons. The number of rotatable bonds is 70. The predicted molar refractivity (Wildman–Crippen MR) is 372 cm³/mol. The highest BCUT2D eigenvalue weighted by Crippen LogP contribution is 2.45. The molecule has 0 rings (SSSR count). The molecule has 0 bridgehead atoms. The lowest BCUT2D eigenvalue weighted by Crippen LogP contribution is -2.30. The number of phosphoric ester groups is 2. The molecule has 0 spiro atoms. The molecule has 546 valence electrons. The number of carbonyl (C=O) groups is 4. The first-order valence-corrected chi connectivity index (χ1v) is 40.8. The van der Waals surface area contributed by atoms with Gasteiger partial charge in [0.2, 0.25) is 0 Å². The maximum absolute atomic E-state index is 13.0. The van der Waals surface area contributed by atoms with Gasteiger partial charge in [-0.15, -0.1) is 0 Å². The number of carbonyl (C=O) groups excluding carboxylic acids is 4. The number of hydrogen-bond acceptors (Lipinski definition) is 15. The number of ether oxygens (including phenoxy) is 4. The van der Waals surface area contributed by atoms with Gasteiger partial charge >= 0.3 is 39.5 Å². The van der Waals surface area contributed by atoms with Crippen molar-refractivity contribution in [1.82, 2.24) is 0 Å². The molecular weight excluding hydrogens is 1210 g/mol. The summed E-state index contributed by atoms with van der Waals surface area (Å²) in [5.74, 6) is 0.914. The third kappa shape index (κ3) is 64.1. The predicted octanol–water partition coefficient (Wildman–Crippen LogP) is 20.9. The van der Waals surface area contributed by atoms with Crippen LogP contribution in [-0.4, -0.2) is 96.7 Å². The number of unbranched alkanes of at least 4 members (excludes halogenated alkanes) is 34. The van der Waals surface area contributed by atoms with Crippen LogP contribution in [0.25, 0.3) is 0 Å². The van der Waals surface area contributed by atoms with Crippen molar-refractivity contribution < 1.29 is 80.2 Å². The molecule has 3 N–H and O–H groups in total. The first-order chi connectivity index (χ1) is 44.2. The van der Waals surface area contributed by atoms with Crippen LogP contribution in [0.15, 0.2) is 0 Å². The van der Waals surface area contributed by atoms with E-state index in [-0.39, 0.29) is 25.7 Å². The Kier molecular flexibility index (Phi) is 61.3. The average molecular weight is 1350 g/mol. The highest BCUT2D eigenvalue weighted by molar-refractivity contribution is 7.47. The monoisotopic (exact) mass is 1350 g/mol. The van der Waals surface area contributed by atoms with Crippen molar-refractivity contribution in [3.05, 3.63) is 0 Å². The lowest BCUT2D eigenvalue weighted by atomic mass is 9.99. The Balaban J connectivity index is 5.20. The zero-order chi connectivity index (χ0) is 68.2. The van der Waals surface area contributed by atoms with E-state index in [4.69, 9.17) is 37.0 Å². The molecule has 0 saturated carbocycles. The van der Waals surface area contributed by atoms with Crippen LogP contribution in [0.1, 0.15) is 364 Å². The van der Waals surface area contributed by atoms with E-state index >= 15 is 0 Å². The van der Waals surface area contributed by atoms with Gasteiger partial charge in [0, 0.05) is 25.7 Å². The van der Waals surface area contributed by atoms with E-state index in [1.165, 1.54) is 161 Å². The number of hydrogen-bond donors (Lipinski definition) is 3. The Hall–Kier alpha value is -1.94. The lowest BCUT2D eigenvalue weighted by Gasteiger charge is -2.21. The van der Waals surface area contributed by atoms with Crippen molar-refractivity contribution in [2.75, 3.05) is 39.6 Å². The normalized spacial score (nSPS) is 14.8. The van der Waals surface area contributed by atoms with Gasteiger partial charge in [0.15, 0.2) is 12.2 Å². The molecule has 17 nitrogen and oxygen atoms in total. The molecule has 0 aliphatic carbocycles. The molecule has 0 amide bonds. The standard InChI is InChI=1S/C73H142O17P2/c1-9-65(7)51-43-35-27-21-17-13-11-12-14-18-22-28-37-45-53-70(75)83-59-68(90-73(78)56-48-40-30-24-26-34-42-50-64(5)6)61-87-91(79,80)85-57-67(74)58-86-92(81,82)88-62-69(60-84-71(76)54-46-38-32-31-36-44-52-66(8)10-2)89-72(77)55-47-39-29-23-19-15-16-20-25-33-41-49-63(3)4/h63-69,74H,9-62H2,1-8H3,(H,79,80)(H,81,82)/t65?,66?,67-,68-,69-/m1/s1. The summed E-state index contributed by atoms with van der Waals surface area (Å²) in [7, 11) is -9.91. The Morgan fingerprint density at radius 1 is 0.304 bits per heavy atom. The van der Waals surface area contributed by atoms with Crippen LogP contribution in [0.4, 0.5) is 0 Å². The first-order valence-electron chi connectivity index (χ1n) is 37.8. The van der Waals surface area contributed by atoms with E-state index in [1.54, 1.807) is 0 Å². The molecule has 0 saturated heterocycles. The van der Waals surface area contributed by atoms with Crippen molar-refractivity contribution in [3.8, 4) is 0 Å². The minimum absolute atomic E-state index is 0.103. The summed E-state index contributed by atoms with van der Waals surface area (Å²) in [5, 5.41) is 10.6. The van der Waals surface area contributed by atoms with Gasteiger partial charge in [0.25, 0.3) is 0 Å². The van der Waals surface area contributed by atoms with Crippen LogP contribution in [0.3, 0.4) is 0 Å². The van der Waals surface area contributed by atoms with Crippen LogP contribution < -0.4 is 0 Å². The third-order valence-electron chi connectivity index (χ3n) is 17.5. The molecule has 92 heavy (non-hydrogen) atoms. The van der Waals surface area contributed by atoms with E-state index in [2.05, 4.69) is 55.4 Å². The molecule has 0 aliphatic heterocycles. The maximum Gasteiger partial charge on any atom is 0.472 e. The minimum Gasteiger partial charge on any atom is -0.462 e. The van der Waals surface area contributed by atoms with Gasteiger partial charge in [-0.3, -0.25) is 37.3 Å². The second kappa shape index (κ2) is 62.6. The van der Waals surface area contributed by atoms with Crippen LogP contribution in [0, 0.1) is 23.7 Å². The highest BCUT2D eigenvalue weighted by atomic mass is 31.2. The lowest BCUT2D eigenvalue weighted by molar-refractivity contribution is -0.161. The van der Waals surface area contributed by atoms with Gasteiger partial charge in [-0.25, -0.2) is 9.13 Å². The van der Waals surface area contributed by atoms with Gasteiger partial charge in [0.05, 0.1) is 26.4 Å². The summed E-state index contributed by atoms with van der Waals surface area (Å²) in [6.07, 6.45) is 45.9. The number of esters is 4. The Morgan fingerprint density at radius 2 is 0.522 bits per heavy atom. The summed E-state index contributed by atoms with van der Waals surface area (Å²) in [4.78, 5) is 72.6. The summed E-state index contributed by atoms with van der Waals surface area (Å²) in [6, 6.07) is 0.